The highest BCUT2D eigenvalue weighted by Gasteiger charge is 2.27. The molecule has 2 aromatic heterocycles. The summed E-state index contributed by atoms with van der Waals surface area (Å²) in [5, 5.41) is 1.93. The Morgan fingerprint density at radius 1 is 1.27 bits per heavy atom. The molecule has 1 saturated heterocycles. The number of rotatable bonds is 3. The quantitative estimate of drug-likeness (QED) is 0.711. The van der Waals surface area contributed by atoms with Crippen LogP contribution in [0.25, 0.3) is 16.2 Å². The molecule has 4 rings (SSSR count). The Balaban J connectivity index is 1.62. The Kier molecular flexibility index (Phi) is 4.54. The number of hydrogen-bond acceptors (Lipinski definition) is 4. The van der Waals surface area contributed by atoms with E-state index in [4.69, 9.17) is 4.98 Å². The van der Waals surface area contributed by atoms with E-state index in [-0.39, 0.29) is 5.91 Å². The van der Waals surface area contributed by atoms with Crippen LogP contribution in [-0.2, 0) is 6.42 Å². The van der Waals surface area contributed by atoms with Gasteiger partial charge in [-0.15, -0.1) is 11.3 Å². The third kappa shape index (κ3) is 3.04. The molecule has 136 valence electrons. The third-order valence-electron chi connectivity index (χ3n) is 5.33. The van der Waals surface area contributed by atoms with Crippen molar-refractivity contribution in [1.29, 1.82) is 0 Å². The minimum atomic E-state index is 0.0986. The Bertz CT molecular complexity index is 927. The maximum atomic E-state index is 13.0. The largest absolute Gasteiger partial charge is 0.334 e. The standard InChI is InChI=1S/C20H24N4OS/c1-4-15-5-7-16(8-6-15)17-12-24-18(13-26-20(24)21-17)19(25)23-10-9-22(3)14(2)11-23/h5-8,12-14H,4,9-11H2,1-3H3/t14-/m0/s1. The molecule has 26 heavy (non-hydrogen) atoms. The van der Waals surface area contributed by atoms with Gasteiger partial charge in [-0.25, -0.2) is 4.98 Å². The molecule has 0 saturated carbocycles. The molecule has 0 aliphatic carbocycles. The van der Waals surface area contributed by atoms with Gasteiger partial charge in [0.2, 0.25) is 0 Å². The van der Waals surface area contributed by atoms with Crippen LogP contribution in [0.1, 0.15) is 29.9 Å². The first-order valence-electron chi connectivity index (χ1n) is 9.12. The second-order valence-corrected chi connectivity index (χ2v) is 7.87. The van der Waals surface area contributed by atoms with Gasteiger partial charge in [0.1, 0.15) is 5.69 Å². The van der Waals surface area contributed by atoms with Gasteiger partial charge in [-0.3, -0.25) is 9.20 Å². The van der Waals surface area contributed by atoms with E-state index in [1.807, 2.05) is 20.9 Å². The smallest absolute Gasteiger partial charge is 0.271 e. The van der Waals surface area contributed by atoms with Gasteiger partial charge >= 0.3 is 0 Å². The molecule has 5 nitrogen and oxygen atoms in total. The van der Waals surface area contributed by atoms with Crippen LogP contribution in [0.4, 0.5) is 0 Å². The van der Waals surface area contributed by atoms with E-state index in [1.165, 1.54) is 16.9 Å². The number of benzene rings is 1. The first-order valence-corrected chi connectivity index (χ1v) is 10.00. The van der Waals surface area contributed by atoms with Gasteiger partial charge in [0.15, 0.2) is 4.96 Å². The van der Waals surface area contributed by atoms with E-state index in [0.717, 1.165) is 42.3 Å². The Morgan fingerprint density at radius 3 is 2.73 bits per heavy atom. The molecule has 1 atom stereocenters. The molecule has 6 heteroatoms. The summed E-state index contributed by atoms with van der Waals surface area (Å²) in [5.41, 5.74) is 4.03. The van der Waals surface area contributed by atoms with Gasteiger partial charge in [-0.2, -0.15) is 0 Å². The van der Waals surface area contributed by atoms with Gasteiger partial charge in [0.25, 0.3) is 5.91 Å². The van der Waals surface area contributed by atoms with Gasteiger partial charge in [0, 0.05) is 42.8 Å². The summed E-state index contributed by atoms with van der Waals surface area (Å²) < 4.78 is 1.94. The molecule has 0 N–H and O–H groups in total. The summed E-state index contributed by atoms with van der Waals surface area (Å²) >= 11 is 1.52. The van der Waals surface area contributed by atoms with E-state index in [0.29, 0.717) is 11.7 Å². The molecule has 0 radical (unpaired) electrons. The summed E-state index contributed by atoms with van der Waals surface area (Å²) in [7, 11) is 2.11. The summed E-state index contributed by atoms with van der Waals surface area (Å²) in [6.45, 7) is 6.78. The van der Waals surface area contributed by atoms with Crippen LogP contribution in [0, 0.1) is 0 Å². The van der Waals surface area contributed by atoms with E-state index < -0.39 is 0 Å². The maximum absolute atomic E-state index is 13.0. The van der Waals surface area contributed by atoms with E-state index in [2.05, 4.69) is 50.1 Å². The minimum Gasteiger partial charge on any atom is -0.334 e. The van der Waals surface area contributed by atoms with Crippen LogP contribution in [0.3, 0.4) is 0 Å². The second kappa shape index (κ2) is 6.85. The number of carbonyl (C=O) groups excluding carboxylic acids is 1. The Hall–Kier alpha value is -2.18. The van der Waals surface area contributed by atoms with Crippen molar-refractivity contribution >= 4 is 22.2 Å². The van der Waals surface area contributed by atoms with Crippen LogP contribution >= 0.6 is 11.3 Å². The number of aryl methyl sites for hydroxylation is 1. The average molecular weight is 369 g/mol. The Morgan fingerprint density at radius 2 is 2.04 bits per heavy atom. The lowest BCUT2D eigenvalue weighted by Crippen LogP contribution is -2.52. The van der Waals surface area contributed by atoms with Crippen molar-refractivity contribution in [2.24, 2.45) is 0 Å². The normalized spacial score (nSPS) is 18.6. The number of carbonyl (C=O) groups is 1. The van der Waals surface area contributed by atoms with Gasteiger partial charge in [0.05, 0.1) is 5.69 Å². The summed E-state index contributed by atoms with van der Waals surface area (Å²) in [4.78, 5) is 22.9. The van der Waals surface area contributed by atoms with Crippen molar-refractivity contribution in [2.45, 2.75) is 26.3 Å². The number of thiazole rings is 1. The van der Waals surface area contributed by atoms with E-state index >= 15 is 0 Å². The maximum Gasteiger partial charge on any atom is 0.271 e. The highest BCUT2D eigenvalue weighted by atomic mass is 32.1. The summed E-state index contributed by atoms with van der Waals surface area (Å²) in [5.74, 6) is 0.0986. The molecule has 1 amide bonds. The van der Waals surface area contributed by atoms with Gasteiger partial charge in [-0.05, 0) is 26.0 Å². The minimum absolute atomic E-state index is 0.0986. The fourth-order valence-corrected chi connectivity index (χ4v) is 4.23. The predicted molar refractivity (Wildman–Crippen MR) is 106 cm³/mol. The fourth-order valence-electron chi connectivity index (χ4n) is 3.38. The molecular weight excluding hydrogens is 344 g/mol. The Labute approximate surface area is 157 Å². The zero-order chi connectivity index (χ0) is 18.3. The number of likely N-dealkylation sites (N-methyl/N-ethyl adjacent to an activating group) is 1. The van der Waals surface area contributed by atoms with Crippen LogP contribution in [-0.4, -0.2) is 57.8 Å². The van der Waals surface area contributed by atoms with Gasteiger partial charge in [-0.1, -0.05) is 31.2 Å². The number of amides is 1. The SMILES string of the molecule is CCc1ccc(-c2cn3c(C(=O)N4CCN(C)[C@@H](C)C4)csc3n2)cc1. The summed E-state index contributed by atoms with van der Waals surface area (Å²) in [6, 6.07) is 8.88. The zero-order valence-electron chi connectivity index (χ0n) is 15.5. The molecule has 0 bridgehead atoms. The number of nitrogens with zero attached hydrogens (tertiary/aromatic N) is 4. The van der Waals surface area contributed by atoms with Crippen molar-refractivity contribution in [1.82, 2.24) is 19.2 Å². The lowest BCUT2D eigenvalue weighted by atomic mass is 10.1. The number of hydrogen-bond donors (Lipinski definition) is 0. The van der Waals surface area contributed by atoms with Crippen LogP contribution in [0.5, 0.6) is 0 Å². The number of fused-ring (bicyclic) bond motifs is 1. The predicted octanol–water partition coefficient (Wildman–Crippen LogP) is 3.40. The monoisotopic (exact) mass is 368 g/mol. The zero-order valence-corrected chi connectivity index (χ0v) is 16.3. The van der Waals surface area contributed by atoms with Crippen molar-refractivity contribution in [3.8, 4) is 11.3 Å². The second-order valence-electron chi connectivity index (χ2n) is 7.03. The molecule has 1 aliphatic rings. The third-order valence-corrected chi connectivity index (χ3v) is 6.17. The number of aromatic nitrogens is 2. The number of piperazine rings is 1. The first-order chi connectivity index (χ1) is 12.6. The van der Waals surface area contributed by atoms with Crippen LogP contribution in [0.15, 0.2) is 35.8 Å². The number of imidazole rings is 1. The molecule has 0 unspecified atom stereocenters. The van der Waals surface area contributed by atoms with Gasteiger partial charge < -0.3 is 9.80 Å². The molecule has 1 fully saturated rings. The van der Waals surface area contributed by atoms with Crippen molar-refractivity contribution < 1.29 is 4.79 Å². The van der Waals surface area contributed by atoms with Crippen LogP contribution in [0.2, 0.25) is 0 Å². The highest BCUT2D eigenvalue weighted by molar-refractivity contribution is 7.15. The fraction of sp³-hybridized carbons (Fsp3) is 0.400. The average Bonchev–Trinajstić information content (AvgIpc) is 3.24. The molecule has 1 aliphatic heterocycles. The van der Waals surface area contributed by atoms with Crippen molar-refractivity contribution in [2.75, 3.05) is 26.7 Å². The summed E-state index contributed by atoms with van der Waals surface area (Å²) in [6.07, 6.45) is 3.01. The van der Waals surface area contributed by atoms with Crippen molar-refractivity contribution in [3.63, 3.8) is 0 Å². The molecule has 3 aromatic rings. The van der Waals surface area contributed by atoms with E-state index in [9.17, 15) is 4.79 Å². The first kappa shape index (κ1) is 17.2. The molecule has 0 spiro atoms. The lowest BCUT2D eigenvalue weighted by Gasteiger charge is -2.37. The molecular formula is C20H24N4OS. The molecule has 1 aromatic carbocycles. The topological polar surface area (TPSA) is 40.9 Å². The lowest BCUT2D eigenvalue weighted by molar-refractivity contribution is 0.0566. The van der Waals surface area contributed by atoms with E-state index in [1.54, 1.807) is 0 Å². The van der Waals surface area contributed by atoms with Crippen LogP contribution < -0.4 is 0 Å². The molecule has 3 heterocycles. The van der Waals surface area contributed by atoms with Crippen molar-refractivity contribution in [3.05, 3.63) is 47.1 Å². The highest BCUT2D eigenvalue weighted by Crippen LogP contribution is 2.25.